The van der Waals surface area contributed by atoms with Gasteiger partial charge in [0, 0.05) is 28.3 Å². The van der Waals surface area contributed by atoms with Crippen molar-refractivity contribution in [3.8, 4) is 0 Å². The number of hydrogen-bond donors (Lipinski definition) is 2. The Morgan fingerprint density at radius 3 is 2.55 bits per heavy atom. The van der Waals surface area contributed by atoms with Crippen LogP contribution in [0.15, 0.2) is 36.4 Å². The molecule has 7 nitrogen and oxygen atoms in total. The third-order valence-corrected chi connectivity index (χ3v) is 5.41. The van der Waals surface area contributed by atoms with Crippen LogP contribution in [0.3, 0.4) is 0 Å². The number of nitro benzene ring substituents is 1. The van der Waals surface area contributed by atoms with E-state index >= 15 is 0 Å². The van der Waals surface area contributed by atoms with Gasteiger partial charge >= 0.3 is 0 Å². The summed E-state index contributed by atoms with van der Waals surface area (Å²) >= 11 is 7.05. The molecule has 1 aliphatic rings. The Morgan fingerprint density at radius 1 is 1.17 bits per heavy atom. The van der Waals surface area contributed by atoms with Gasteiger partial charge in [0.05, 0.1) is 10.6 Å². The molecule has 2 aromatic carbocycles. The predicted molar refractivity (Wildman–Crippen MR) is 122 cm³/mol. The number of amides is 1. The fourth-order valence-electron chi connectivity index (χ4n) is 3.13. The molecule has 0 aliphatic carbocycles. The van der Waals surface area contributed by atoms with Crippen LogP contribution in [0.4, 0.5) is 21.5 Å². The van der Waals surface area contributed by atoms with Crippen molar-refractivity contribution in [1.82, 2.24) is 5.32 Å². The SMILES string of the molecule is O=C(NC(=S)Nc1ccc(I)cc1F)c1ccc(N2CCCCC2)c([N+](=O)[O-])c1. The van der Waals surface area contributed by atoms with Gasteiger partial charge in [-0.2, -0.15) is 0 Å². The lowest BCUT2D eigenvalue weighted by molar-refractivity contribution is -0.384. The maximum absolute atomic E-state index is 13.9. The average molecular weight is 528 g/mol. The van der Waals surface area contributed by atoms with E-state index in [4.69, 9.17) is 12.2 Å². The molecule has 152 valence electrons. The van der Waals surface area contributed by atoms with Crippen LogP contribution in [0, 0.1) is 19.5 Å². The van der Waals surface area contributed by atoms with Gasteiger partial charge in [-0.1, -0.05) is 0 Å². The molecule has 0 atom stereocenters. The monoisotopic (exact) mass is 528 g/mol. The highest BCUT2D eigenvalue weighted by Crippen LogP contribution is 2.31. The zero-order chi connectivity index (χ0) is 21.0. The van der Waals surface area contributed by atoms with Gasteiger partial charge in [0.2, 0.25) is 0 Å². The molecule has 1 amide bonds. The third-order valence-electron chi connectivity index (χ3n) is 4.54. The summed E-state index contributed by atoms with van der Waals surface area (Å²) in [6, 6.07) is 8.89. The highest BCUT2D eigenvalue weighted by atomic mass is 127. The number of nitro groups is 1. The first-order valence-corrected chi connectivity index (χ1v) is 10.4. The number of nitrogens with one attached hydrogen (secondary N) is 2. The smallest absolute Gasteiger partial charge is 0.293 e. The van der Waals surface area contributed by atoms with Crippen LogP contribution in [-0.2, 0) is 0 Å². The van der Waals surface area contributed by atoms with Gasteiger partial charge in [0.15, 0.2) is 5.11 Å². The van der Waals surface area contributed by atoms with Crippen molar-refractivity contribution in [1.29, 1.82) is 0 Å². The summed E-state index contributed by atoms with van der Waals surface area (Å²) in [6.07, 6.45) is 3.07. The first-order chi connectivity index (χ1) is 13.8. The lowest BCUT2D eigenvalue weighted by Gasteiger charge is -2.28. The molecular weight excluding hydrogens is 510 g/mol. The first-order valence-electron chi connectivity index (χ1n) is 8.96. The van der Waals surface area contributed by atoms with Gasteiger partial charge in [-0.15, -0.1) is 0 Å². The topological polar surface area (TPSA) is 87.5 Å². The zero-order valence-corrected chi connectivity index (χ0v) is 18.3. The van der Waals surface area contributed by atoms with Crippen LogP contribution in [0.1, 0.15) is 29.6 Å². The lowest BCUT2D eigenvalue weighted by atomic mass is 10.1. The van der Waals surface area contributed by atoms with Gasteiger partial charge in [0.1, 0.15) is 11.5 Å². The van der Waals surface area contributed by atoms with Crippen LogP contribution in [0.25, 0.3) is 0 Å². The molecule has 2 aromatic rings. The summed E-state index contributed by atoms with van der Waals surface area (Å²) < 4.78 is 14.6. The van der Waals surface area contributed by atoms with Crippen molar-refractivity contribution in [2.45, 2.75) is 19.3 Å². The number of carbonyl (C=O) groups excluding carboxylic acids is 1. The van der Waals surface area contributed by atoms with E-state index in [2.05, 4.69) is 10.6 Å². The number of rotatable bonds is 4. The molecule has 0 aromatic heterocycles. The normalized spacial score (nSPS) is 13.7. The van der Waals surface area contributed by atoms with Crippen molar-refractivity contribution < 1.29 is 14.1 Å². The highest BCUT2D eigenvalue weighted by Gasteiger charge is 2.23. The second-order valence-corrected chi connectivity index (χ2v) is 8.19. The van der Waals surface area contributed by atoms with Gasteiger partial charge < -0.3 is 10.2 Å². The molecule has 10 heteroatoms. The summed E-state index contributed by atoms with van der Waals surface area (Å²) in [6.45, 7) is 1.50. The molecular formula is C19H18FIN4O3S. The number of anilines is 2. The Bertz CT molecular complexity index is 966. The number of thiocarbonyl (C=S) groups is 1. The second kappa shape index (κ2) is 9.44. The van der Waals surface area contributed by atoms with E-state index in [1.807, 2.05) is 27.5 Å². The first kappa shape index (κ1) is 21.4. The van der Waals surface area contributed by atoms with Crippen molar-refractivity contribution in [2.24, 2.45) is 0 Å². The van der Waals surface area contributed by atoms with E-state index in [9.17, 15) is 19.3 Å². The molecule has 1 fully saturated rings. The lowest BCUT2D eigenvalue weighted by Crippen LogP contribution is -2.34. The van der Waals surface area contributed by atoms with Crippen molar-refractivity contribution in [3.63, 3.8) is 0 Å². The molecule has 29 heavy (non-hydrogen) atoms. The Morgan fingerprint density at radius 2 is 1.90 bits per heavy atom. The van der Waals surface area contributed by atoms with Crippen molar-refractivity contribution in [2.75, 3.05) is 23.3 Å². The van der Waals surface area contributed by atoms with Gasteiger partial charge in [-0.05, 0) is 84.4 Å². The van der Waals surface area contributed by atoms with Crippen LogP contribution in [0.5, 0.6) is 0 Å². The Labute approximate surface area is 185 Å². The molecule has 0 bridgehead atoms. The van der Waals surface area contributed by atoms with Crippen LogP contribution in [-0.4, -0.2) is 29.0 Å². The molecule has 2 N–H and O–H groups in total. The van der Waals surface area contributed by atoms with Gasteiger partial charge in [-0.3, -0.25) is 20.2 Å². The minimum atomic E-state index is -0.610. The largest absolute Gasteiger partial charge is 0.366 e. The number of halogens is 2. The van der Waals surface area contributed by atoms with Crippen LogP contribution >= 0.6 is 34.8 Å². The summed E-state index contributed by atoms with van der Waals surface area (Å²) in [5.41, 5.74) is 0.613. The highest BCUT2D eigenvalue weighted by molar-refractivity contribution is 14.1. The number of benzene rings is 2. The van der Waals surface area contributed by atoms with E-state index in [0.717, 1.165) is 35.9 Å². The van der Waals surface area contributed by atoms with Crippen molar-refractivity contribution in [3.05, 3.63) is 61.5 Å². The minimum Gasteiger partial charge on any atom is -0.366 e. The molecule has 0 radical (unpaired) electrons. The second-order valence-electron chi connectivity index (χ2n) is 6.54. The average Bonchev–Trinajstić information content (AvgIpc) is 2.70. The van der Waals surface area contributed by atoms with Crippen molar-refractivity contribution >= 4 is 62.9 Å². The molecule has 1 aliphatic heterocycles. The van der Waals surface area contributed by atoms with E-state index < -0.39 is 16.6 Å². The quantitative estimate of drug-likeness (QED) is 0.264. The molecule has 0 saturated carbocycles. The Hall–Kier alpha value is -2.34. The maximum Gasteiger partial charge on any atom is 0.293 e. The Balaban J connectivity index is 1.73. The maximum atomic E-state index is 13.9. The van der Waals surface area contributed by atoms with Gasteiger partial charge in [0.25, 0.3) is 11.6 Å². The summed E-state index contributed by atoms with van der Waals surface area (Å²) in [7, 11) is 0. The number of hydrogen-bond acceptors (Lipinski definition) is 5. The predicted octanol–water partition coefficient (Wildman–Crippen LogP) is 4.46. The third kappa shape index (κ3) is 5.38. The molecule has 0 spiro atoms. The van der Waals surface area contributed by atoms with E-state index in [-0.39, 0.29) is 22.1 Å². The molecule has 0 unspecified atom stereocenters. The molecule has 1 heterocycles. The number of carbonyl (C=O) groups is 1. The molecule has 3 rings (SSSR count). The standard InChI is InChI=1S/C19H18FIN4O3S/c20-14-11-13(21)5-6-15(14)22-19(29)23-18(26)12-4-7-16(17(10-12)25(27)28)24-8-2-1-3-9-24/h4-7,10-11H,1-3,8-9H2,(H2,22,23,26,29). The summed E-state index contributed by atoms with van der Waals surface area (Å²) in [5.74, 6) is -1.11. The van der Waals surface area contributed by atoms with Gasteiger partial charge in [-0.25, -0.2) is 4.39 Å². The molecule has 1 saturated heterocycles. The zero-order valence-electron chi connectivity index (χ0n) is 15.3. The van der Waals surface area contributed by atoms with E-state index in [1.54, 1.807) is 12.1 Å². The Kier molecular flexibility index (Phi) is 6.96. The number of nitrogens with zero attached hydrogens (tertiary/aromatic N) is 2. The fourth-order valence-corrected chi connectivity index (χ4v) is 3.79. The fraction of sp³-hybridized carbons (Fsp3) is 0.263. The van der Waals surface area contributed by atoms with E-state index in [0.29, 0.717) is 5.69 Å². The van der Waals surface area contributed by atoms with E-state index in [1.165, 1.54) is 24.3 Å². The number of piperidine rings is 1. The minimum absolute atomic E-state index is 0.0992. The van der Waals surface area contributed by atoms with Crippen LogP contribution in [0.2, 0.25) is 0 Å². The van der Waals surface area contributed by atoms with Crippen LogP contribution < -0.4 is 15.5 Å². The summed E-state index contributed by atoms with van der Waals surface area (Å²) in [4.78, 5) is 25.5. The summed E-state index contributed by atoms with van der Waals surface area (Å²) in [5, 5.41) is 16.5.